The first-order chi connectivity index (χ1) is 7.58. The van der Waals surface area contributed by atoms with E-state index in [4.69, 9.17) is 5.73 Å². The number of likely N-dealkylation sites (tertiary alicyclic amines) is 1. The number of nitrogens with zero attached hydrogens (tertiary/aromatic N) is 1. The molecule has 0 unspecified atom stereocenters. The molecule has 0 atom stereocenters. The molecule has 0 aromatic heterocycles. The SMILES string of the molecule is CC(C)CNCC1CCN(CC(N)=O)CC1. The molecule has 1 saturated heterocycles. The lowest BCUT2D eigenvalue weighted by molar-refractivity contribution is -0.119. The number of carbonyl (C=O) groups is 1. The summed E-state index contributed by atoms with van der Waals surface area (Å²) in [5, 5.41) is 3.50. The number of nitrogens with two attached hydrogens (primary N) is 1. The van der Waals surface area contributed by atoms with Gasteiger partial charge in [-0.3, -0.25) is 9.69 Å². The largest absolute Gasteiger partial charge is 0.369 e. The Morgan fingerprint density at radius 2 is 2.06 bits per heavy atom. The molecule has 3 N–H and O–H groups in total. The fourth-order valence-corrected chi connectivity index (χ4v) is 2.15. The molecule has 0 bridgehead atoms. The van der Waals surface area contributed by atoms with E-state index in [1.807, 2.05) is 0 Å². The molecular weight excluding hydrogens is 202 g/mol. The normalized spacial score (nSPS) is 19.2. The number of rotatable bonds is 6. The van der Waals surface area contributed by atoms with E-state index < -0.39 is 0 Å². The summed E-state index contributed by atoms with van der Waals surface area (Å²) in [5.41, 5.74) is 5.18. The van der Waals surface area contributed by atoms with Crippen LogP contribution in [0.1, 0.15) is 26.7 Å². The topological polar surface area (TPSA) is 58.4 Å². The zero-order valence-electron chi connectivity index (χ0n) is 10.5. The molecule has 4 heteroatoms. The van der Waals surface area contributed by atoms with Crippen LogP contribution in [0.2, 0.25) is 0 Å². The summed E-state index contributed by atoms with van der Waals surface area (Å²) in [5.74, 6) is 1.27. The zero-order valence-corrected chi connectivity index (χ0v) is 10.5. The van der Waals surface area contributed by atoms with Crippen LogP contribution < -0.4 is 11.1 Å². The molecule has 1 heterocycles. The van der Waals surface area contributed by atoms with Crippen molar-refractivity contribution in [2.45, 2.75) is 26.7 Å². The third-order valence-electron chi connectivity index (χ3n) is 3.07. The monoisotopic (exact) mass is 227 g/mol. The summed E-state index contributed by atoms with van der Waals surface area (Å²) in [6.07, 6.45) is 2.36. The Balaban J connectivity index is 2.10. The van der Waals surface area contributed by atoms with Crippen molar-refractivity contribution < 1.29 is 4.79 Å². The minimum absolute atomic E-state index is 0.212. The van der Waals surface area contributed by atoms with Crippen LogP contribution in [0.3, 0.4) is 0 Å². The van der Waals surface area contributed by atoms with Gasteiger partial charge in [-0.1, -0.05) is 13.8 Å². The van der Waals surface area contributed by atoms with Crippen LogP contribution in [0.5, 0.6) is 0 Å². The average molecular weight is 227 g/mol. The first-order valence-corrected chi connectivity index (χ1v) is 6.29. The lowest BCUT2D eigenvalue weighted by Crippen LogP contribution is -2.41. The van der Waals surface area contributed by atoms with Gasteiger partial charge in [-0.2, -0.15) is 0 Å². The van der Waals surface area contributed by atoms with Gasteiger partial charge in [0.15, 0.2) is 0 Å². The number of hydrogen-bond donors (Lipinski definition) is 2. The Kier molecular flexibility index (Phi) is 5.77. The summed E-state index contributed by atoms with van der Waals surface area (Å²) in [7, 11) is 0. The van der Waals surface area contributed by atoms with E-state index >= 15 is 0 Å². The quantitative estimate of drug-likeness (QED) is 0.692. The fraction of sp³-hybridized carbons (Fsp3) is 0.917. The molecule has 0 radical (unpaired) electrons. The van der Waals surface area contributed by atoms with E-state index in [1.165, 1.54) is 12.8 Å². The molecule has 0 aliphatic carbocycles. The smallest absolute Gasteiger partial charge is 0.231 e. The molecular formula is C12H25N3O. The minimum Gasteiger partial charge on any atom is -0.369 e. The Labute approximate surface area is 98.6 Å². The van der Waals surface area contributed by atoms with Crippen LogP contribution in [0.4, 0.5) is 0 Å². The molecule has 0 aromatic rings. The molecule has 4 nitrogen and oxygen atoms in total. The average Bonchev–Trinajstić information content (AvgIpc) is 2.19. The molecule has 1 amide bonds. The predicted molar refractivity (Wildman–Crippen MR) is 66.1 cm³/mol. The van der Waals surface area contributed by atoms with E-state index in [2.05, 4.69) is 24.1 Å². The highest BCUT2D eigenvalue weighted by Crippen LogP contribution is 2.15. The number of hydrogen-bond acceptors (Lipinski definition) is 3. The molecule has 0 spiro atoms. The van der Waals surface area contributed by atoms with Gasteiger partial charge in [0.2, 0.25) is 5.91 Å². The Morgan fingerprint density at radius 1 is 1.44 bits per heavy atom. The van der Waals surface area contributed by atoms with Gasteiger partial charge in [0, 0.05) is 0 Å². The standard InChI is InChI=1S/C12H25N3O/c1-10(2)7-14-8-11-3-5-15(6-4-11)9-12(13)16/h10-11,14H,3-9H2,1-2H3,(H2,13,16). The second-order valence-corrected chi connectivity index (χ2v) is 5.24. The highest BCUT2D eigenvalue weighted by Gasteiger charge is 2.19. The van der Waals surface area contributed by atoms with E-state index in [9.17, 15) is 4.79 Å². The van der Waals surface area contributed by atoms with Crippen molar-refractivity contribution in [3.05, 3.63) is 0 Å². The Hall–Kier alpha value is -0.610. The summed E-state index contributed by atoms with van der Waals surface area (Å²) in [6, 6.07) is 0. The minimum atomic E-state index is -0.212. The van der Waals surface area contributed by atoms with Crippen molar-refractivity contribution in [3.8, 4) is 0 Å². The van der Waals surface area contributed by atoms with Crippen molar-refractivity contribution >= 4 is 5.91 Å². The molecule has 1 aliphatic heterocycles. The van der Waals surface area contributed by atoms with Crippen LogP contribution in [-0.4, -0.2) is 43.5 Å². The van der Waals surface area contributed by atoms with Crippen LogP contribution in [0.15, 0.2) is 0 Å². The third kappa shape index (κ3) is 5.47. The van der Waals surface area contributed by atoms with Gasteiger partial charge in [-0.05, 0) is 50.9 Å². The predicted octanol–water partition coefficient (Wildman–Crippen LogP) is 0.429. The second kappa shape index (κ2) is 6.86. The lowest BCUT2D eigenvalue weighted by atomic mass is 9.96. The molecule has 0 aromatic carbocycles. The number of amides is 1. The molecule has 94 valence electrons. The first-order valence-electron chi connectivity index (χ1n) is 6.29. The third-order valence-corrected chi connectivity index (χ3v) is 3.07. The van der Waals surface area contributed by atoms with Crippen molar-refractivity contribution in [2.75, 3.05) is 32.7 Å². The molecule has 0 saturated carbocycles. The van der Waals surface area contributed by atoms with Gasteiger partial charge in [0.05, 0.1) is 6.54 Å². The van der Waals surface area contributed by atoms with Crippen LogP contribution >= 0.6 is 0 Å². The maximum Gasteiger partial charge on any atom is 0.231 e. The maximum absolute atomic E-state index is 10.8. The Bertz CT molecular complexity index is 210. The molecule has 1 aliphatic rings. The number of primary amides is 1. The zero-order chi connectivity index (χ0) is 12.0. The van der Waals surface area contributed by atoms with E-state index in [0.717, 1.165) is 38.0 Å². The van der Waals surface area contributed by atoms with E-state index in [-0.39, 0.29) is 5.91 Å². The van der Waals surface area contributed by atoms with Gasteiger partial charge < -0.3 is 11.1 Å². The summed E-state index contributed by atoms with van der Waals surface area (Å²) < 4.78 is 0. The molecule has 1 rings (SSSR count). The summed E-state index contributed by atoms with van der Waals surface area (Å²) in [6.45, 7) is 9.11. The second-order valence-electron chi connectivity index (χ2n) is 5.24. The van der Waals surface area contributed by atoms with Gasteiger partial charge in [0.25, 0.3) is 0 Å². The van der Waals surface area contributed by atoms with E-state index in [1.54, 1.807) is 0 Å². The van der Waals surface area contributed by atoms with Crippen LogP contribution in [-0.2, 0) is 4.79 Å². The van der Waals surface area contributed by atoms with Gasteiger partial charge in [-0.25, -0.2) is 0 Å². The van der Waals surface area contributed by atoms with Gasteiger partial charge >= 0.3 is 0 Å². The van der Waals surface area contributed by atoms with Gasteiger partial charge in [-0.15, -0.1) is 0 Å². The number of nitrogens with one attached hydrogen (secondary N) is 1. The Morgan fingerprint density at radius 3 is 2.56 bits per heavy atom. The summed E-state index contributed by atoms with van der Waals surface area (Å²) in [4.78, 5) is 12.9. The van der Waals surface area contributed by atoms with Gasteiger partial charge in [0.1, 0.15) is 0 Å². The van der Waals surface area contributed by atoms with Crippen molar-refractivity contribution in [1.29, 1.82) is 0 Å². The van der Waals surface area contributed by atoms with Crippen LogP contribution in [0, 0.1) is 11.8 Å². The maximum atomic E-state index is 10.8. The highest BCUT2D eigenvalue weighted by molar-refractivity contribution is 5.75. The molecule has 16 heavy (non-hydrogen) atoms. The van der Waals surface area contributed by atoms with Crippen LogP contribution in [0.25, 0.3) is 0 Å². The first kappa shape index (κ1) is 13.5. The number of carbonyl (C=O) groups excluding carboxylic acids is 1. The molecule has 1 fully saturated rings. The number of piperidine rings is 1. The van der Waals surface area contributed by atoms with Crippen molar-refractivity contribution in [1.82, 2.24) is 10.2 Å². The van der Waals surface area contributed by atoms with E-state index in [0.29, 0.717) is 6.54 Å². The van der Waals surface area contributed by atoms with Crippen molar-refractivity contribution in [2.24, 2.45) is 17.6 Å². The lowest BCUT2D eigenvalue weighted by Gasteiger charge is -2.31. The fourth-order valence-electron chi connectivity index (χ4n) is 2.15. The van der Waals surface area contributed by atoms with Crippen molar-refractivity contribution in [3.63, 3.8) is 0 Å². The summed E-state index contributed by atoms with van der Waals surface area (Å²) >= 11 is 0. The highest BCUT2D eigenvalue weighted by atomic mass is 16.1.